The Hall–Kier alpha value is -1.03. The first-order valence-electron chi connectivity index (χ1n) is 6.68. The minimum absolute atomic E-state index is 0.0109. The Morgan fingerprint density at radius 2 is 2.17 bits per heavy atom. The number of anilines is 1. The van der Waals surface area contributed by atoms with Crippen molar-refractivity contribution >= 4 is 22.3 Å². The largest absolute Gasteiger partial charge is 0.466 e. The van der Waals surface area contributed by atoms with E-state index in [4.69, 9.17) is 4.74 Å². The van der Waals surface area contributed by atoms with Crippen molar-refractivity contribution in [1.29, 1.82) is 0 Å². The van der Waals surface area contributed by atoms with Crippen molar-refractivity contribution in [3.05, 3.63) is 17.0 Å². The van der Waals surface area contributed by atoms with E-state index in [1.54, 1.807) is 11.3 Å². The molecule has 0 saturated heterocycles. The molecule has 2 rings (SSSR count). The van der Waals surface area contributed by atoms with Crippen LogP contribution in [0.5, 0.6) is 0 Å². The molecule has 1 aliphatic rings. The molecule has 0 atom stereocenters. The van der Waals surface area contributed by atoms with E-state index >= 15 is 0 Å². The Bertz CT molecular complexity index is 394. The minimum atomic E-state index is -0.0109. The molecular formula is C14H21NO2S. The van der Waals surface area contributed by atoms with E-state index in [1.807, 2.05) is 6.92 Å². The second kappa shape index (κ2) is 6.23. The van der Waals surface area contributed by atoms with Gasteiger partial charge < -0.3 is 10.1 Å². The van der Waals surface area contributed by atoms with Gasteiger partial charge in [0.25, 0.3) is 0 Å². The number of hydrogen-bond acceptors (Lipinski definition) is 4. The summed E-state index contributed by atoms with van der Waals surface area (Å²) in [5, 5.41) is 6.97. The van der Waals surface area contributed by atoms with Crippen LogP contribution in [0.15, 0.2) is 11.4 Å². The van der Waals surface area contributed by atoms with Crippen molar-refractivity contribution in [3.8, 4) is 0 Å². The van der Waals surface area contributed by atoms with Gasteiger partial charge in [0.05, 0.1) is 17.5 Å². The van der Waals surface area contributed by atoms with Gasteiger partial charge in [0.15, 0.2) is 0 Å². The monoisotopic (exact) mass is 267 g/mol. The fourth-order valence-corrected chi connectivity index (χ4v) is 3.34. The normalized spacial score (nSPS) is 23.7. The first kappa shape index (κ1) is 13.4. The number of carbonyl (C=O) groups is 1. The number of thiophene rings is 1. The van der Waals surface area contributed by atoms with Crippen LogP contribution in [0.2, 0.25) is 0 Å². The van der Waals surface area contributed by atoms with Crippen LogP contribution in [0.1, 0.15) is 38.2 Å². The number of esters is 1. The summed E-state index contributed by atoms with van der Waals surface area (Å²) in [7, 11) is 0. The zero-order chi connectivity index (χ0) is 13.0. The molecule has 4 heteroatoms. The van der Waals surface area contributed by atoms with Gasteiger partial charge >= 0.3 is 5.97 Å². The molecular weight excluding hydrogens is 246 g/mol. The van der Waals surface area contributed by atoms with Crippen LogP contribution in [0, 0.1) is 12.8 Å². The van der Waals surface area contributed by atoms with Gasteiger partial charge in [-0.2, -0.15) is 0 Å². The van der Waals surface area contributed by atoms with Gasteiger partial charge in [0.1, 0.15) is 0 Å². The molecule has 0 radical (unpaired) electrons. The summed E-state index contributed by atoms with van der Waals surface area (Å²) in [4.78, 5) is 11.6. The van der Waals surface area contributed by atoms with E-state index in [0.29, 0.717) is 12.6 Å². The van der Waals surface area contributed by atoms with E-state index < -0.39 is 0 Å². The SMILES string of the molecule is CCOC(=O)C1CCC(Nc2sccc2C)CC1. The summed E-state index contributed by atoms with van der Waals surface area (Å²) in [6.07, 6.45) is 4.00. The van der Waals surface area contributed by atoms with Gasteiger partial charge in [0, 0.05) is 6.04 Å². The molecule has 0 unspecified atom stereocenters. The molecule has 0 spiro atoms. The molecule has 3 nitrogen and oxygen atoms in total. The number of nitrogens with one attached hydrogen (secondary N) is 1. The Morgan fingerprint density at radius 1 is 1.44 bits per heavy atom. The second-order valence-electron chi connectivity index (χ2n) is 4.88. The third kappa shape index (κ3) is 3.25. The number of rotatable bonds is 4. The third-order valence-corrected chi connectivity index (χ3v) is 4.49. The predicted molar refractivity (Wildman–Crippen MR) is 75.1 cm³/mol. The summed E-state index contributed by atoms with van der Waals surface area (Å²) in [5.74, 6) is 0.107. The molecule has 1 N–H and O–H groups in total. The molecule has 1 aromatic heterocycles. The number of hydrogen-bond donors (Lipinski definition) is 1. The van der Waals surface area contributed by atoms with Gasteiger partial charge in [0.2, 0.25) is 0 Å². The molecule has 0 aromatic carbocycles. The zero-order valence-corrected chi connectivity index (χ0v) is 11.9. The number of aryl methyl sites for hydroxylation is 1. The molecule has 1 aliphatic carbocycles. The first-order valence-corrected chi connectivity index (χ1v) is 7.56. The standard InChI is InChI=1S/C14H21NO2S/c1-3-17-14(16)11-4-6-12(7-5-11)15-13-10(2)8-9-18-13/h8-9,11-12,15H,3-7H2,1-2H3. The lowest BCUT2D eigenvalue weighted by Gasteiger charge is -2.28. The van der Waals surface area contributed by atoms with Crippen LogP contribution in [0.4, 0.5) is 5.00 Å². The third-order valence-electron chi connectivity index (χ3n) is 3.54. The van der Waals surface area contributed by atoms with Crippen LogP contribution in [-0.4, -0.2) is 18.6 Å². The maximum Gasteiger partial charge on any atom is 0.308 e. The van der Waals surface area contributed by atoms with E-state index in [-0.39, 0.29) is 11.9 Å². The molecule has 1 heterocycles. The molecule has 0 bridgehead atoms. The van der Waals surface area contributed by atoms with Gasteiger partial charge in [-0.3, -0.25) is 4.79 Å². The van der Waals surface area contributed by atoms with Crippen LogP contribution < -0.4 is 5.32 Å². The second-order valence-corrected chi connectivity index (χ2v) is 5.79. The fourth-order valence-electron chi connectivity index (χ4n) is 2.44. The van der Waals surface area contributed by atoms with Crippen molar-refractivity contribution in [2.45, 2.75) is 45.6 Å². The average Bonchev–Trinajstić information content (AvgIpc) is 2.76. The Morgan fingerprint density at radius 3 is 2.72 bits per heavy atom. The lowest BCUT2D eigenvalue weighted by atomic mass is 9.86. The highest BCUT2D eigenvalue weighted by molar-refractivity contribution is 7.14. The van der Waals surface area contributed by atoms with Gasteiger partial charge in [-0.25, -0.2) is 0 Å². The Kier molecular flexibility index (Phi) is 4.64. The smallest absolute Gasteiger partial charge is 0.308 e. The number of ether oxygens (including phenoxy) is 1. The summed E-state index contributed by atoms with van der Waals surface area (Å²) < 4.78 is 5.08. The lowest BCUT2D eigenvalue weighted by Crippen LogP contribution is -2.30. The fraction of sp³-hybridized carbons (Fsp3) is 0.643. The number of carbonyl (C=O) groups excluding carboxylic acids is 1. The Balaban J connectivity index is 1.80. The van der Waals surface area contributed by atoms with Crippen molar-refractivity contribution in [2.24, 2.45) is 5.92 Å². The first-order chi connectivity index (χ1) is 8.70. The summed E-state index contributed by atoms with van der Waals surface area (Å²) >= 11 is 1.76. The van der Waals surface area contributed by atoms with Crippen molar-refractivity contribution in [2.75, 3.05) is 11.9 Å². The highest BCUT2D eigenvalue weighted by atomic mass is 32.1. The minimum Gasteiger partial charge on any atom is -0.466 e. The molecule has 100 valence electrons. The lowest BCUT2D eigenvalue weighted by molar-refractivity contribution is -0.149. The quantitative estimate of drug-likeness (QED) is 0.847. The van der Waals surface area contributed by atoms with E-state index in [0.717, 1.165) is 25.7 Å². The zero-order valence-electron chi connectivity index (χ0n) is 11.1. The van der Waals surface area contributed by atoms with Crippen molar-refractivity contribution in [3.63, 3.8) is 0 Å². The predicted octanol–water partition coefficient (Wildman–Crippen LogP) is 3.59. The van der Waals surface area contributed by atoms with E-state index in [2.05, 4.69) is 23.7 Å². The van der Waals surface area contributed by atoms with Crippen molar-refractivity contribution in [1.82, 2.24) is 0 Å². The summed E-state index contributed by atoms with van der Waals surface area (Å²) in [6.45, 7) is 4.49. The molecule has 18 heavy (non-hydrogen) atoms. The topological polar surface area (TPSA) is 38.3 Å². The van der Waals surface area contributed by atoms with Crippen LogP contribution >= 0.6 is 11.3 Å². The summed E-state index contributed by atoms with van der Waals surface area (Å²) in [6, 6.07) is 2.64. The Labute approximate surface area is 113 Å². The highest BCUT2D eigenvalue weighted by Gasteiger charge is 2.27. The molecule has 0 aliphatic heterocycles. The van der Waals surface area contributed by atoms with E-state index in [1.165, 1.54) is 10.6 Å². The van der Waals surface area contributed by atoms with E-state index in [9.17, 15) is 4.79 Å². The average molecular weight is 267 g/mol. The van der Waals surface area contributed by atoms with Crippen LogP contribution in [0.3, 0.4) is 0 Å². The molecule has 1 aromatic rings. The van der Waals surface area contributed by atoms with Crippen LogP contribution in [0.25, 0.3) is 0 Å². The van der Waals surface area contributed by atoms with Gasteiger partial charge in [-0.1, -0.05) is 0 Å². The summed E-state index contributed by atoms with van der Waals surface area (Å²) in [5.41, 5.74) is 1.31. The maximum atomic E-state index is 11.6. The van der Waals surface area contributed by atoms with Crippen molar-refractivity contribution < 1.29 is 9.53 Å². The van der Waals surface area contributed by atoms with Gasteiger partial charge in [-0.15, -0.1) is 11.3 Å². The molecule has 1 fully saturated rings. The molecule has 1 saturated carbocycles. The van der Waals surface area contributed by atoms with Gasteiger partial charge in [-0.05, 0) is 56.5 Å². The maximum absolute atomic E-state index is 11.6. The van der Waals surface area contributed by atoms with Crippen LogP contribution in [-0.2, 0) is 9.53 Å². The highest BCUT2D eigenvalue weighted by Crippen LogP contribution is 2.30. The molecule has 0 amide bonds.